The largest absolute Gasteiger partial charge is 0.394 e. The van der Waals surface area contributed by atoms with E-state index in [2.05, 4.69) is 23.9 Å². The molecular weight excluding hydrogens is 316 g/mol. The van der Waals surface area contributed by atoms with Crippen molar-refractivity contribution in [1.29, 1.82) is 0 Å². The number of aromatic nitrogens is 3. The molecule has 1 amide bonds. The molecule has 0 aromatic carbocycles. The first kappa shape index (κ1) is 19.1. The van der Waals surface area contributed by atoms with Crippen LogP contribution in [-0.4, -0.2) is 43.3 Å². The Hall–Kier alpha value is -2.21. The van der Waals surface area contributed by atoms with Crippen LogP contribution in [0.1, 0.15) is 61.9 Å². The summed E-state index contributed by atoms with van der Waals surface area (Å²) in [6.45, 7) is 8.98. The lowest BCUT2D eigenvalue weighted by atomic mass is 10.1. The van der Waals surface area contributed by atoms with Gasteiger partial charge in [-0.2, -0.15) is 5.10 Å². The van der Waals surface area contributed by atoms with Crippen LogP contribution < -0.4 is 0 Å². The van der Waals surface area contributed by atoms with Gasteiger partial charge in [-0.3, -0.25) is 14.5 Å². The van der Waals surface area contributed by atoms with Gasteiger partial charge in [-0.1, -0.05) is 26.8 Å². The molecule has 2 aromatic rings. The van der Waals surface area contributed by atoms with E-state index < -0.39 is 0 Å². The van der Waals surface area contributed by atoms with E-state index in [0.29, 0.717) is 25.2 Å². The van der Waals surface area contributed by atoms with Crippen molar-refractivity contribution < 1.29 is 9.90 Å². The molecule has 0 unspecified atom stereocenters. The number of rotatable bonds is 8. The molecule has 0 fully saturated rings. The van der Waals surface area contributed by atoms with Crippen molar-refractivity contribution in [3.63, 3.8) is 0 Å². The Morgan fingerprint density at radius 2 is 2.08 bits per heavy atom. The molecule has 0 aliphatic carbocycles. The zero-order valence-electron chi connectivity index (χ0n) is 15.5. The van der Waals surface area contributed by atoms with Crippen molar-refractivity contribution in [3.8, 4) is 0 Å². The molecule has 2 aromatic heterocycles. The fourth-order valence-electron chi connectivity index (χ4n) is 2.76. The minimum Gasteiger partial charge on any atom is -0.394 e. The van der Waals surface area contributed by atoms with Gasteiger partial charge in [0.15, 0.2) is 0 Å². The Morgan fingerprint density at radius 1 is 1.32 bits per heavy atom. The van der Waals surface area contributed by atoms with Crippen LogP contribution in [0, 0.1) is 0 Å². The summed E-state index contributed by atoms with van der Waals surface area (Å²) >= 11 is 0. The van der Waals surface area contributed by atoms with E-state index in [1.54, 1.807) is 15.8 Å². The standard InChI is InChI=1S/C19H28N4O2/c1-5-16(13-24)22(12-15-9-7-8-10-20-15)19(25)18-11-17(14(3)4)21-23(18)6-2/h7-11,14,16,24H,5-6,12-13H2,1-4H3/t16-/m1/s1. The Bertz CT molecular complexity index is 678. The minimum absolute atomic E-state index is 0.0770. The third-order valence-electron chi connectivity index (χ3n) is 4.35. The van der Waals surface area contributed by atoms with E-state index >= 15 is 0 Å². The van der Waals surface area contributed by atoms with Crippen molar-refractivity contribution in [2.45, 2.75) is 59.2 Å². The summed E-state index contributed by atoms with van der Waals surface area (Å²) in [4.78, 5) is 19.3. The number of amides is 1. The lowest BCUT2D eigenvalue weighted by Gasteiger charge is -2.29. The number of aryl methyl sites for hydroxylation is 1. The van der Waals surface area contributed by atoms with Gasteiger partial charge in [0, 0.05) is 12.7 Å². The van der Waals surface area contributed by atoms with Crippen LogP contribution in [0.25, 0.3) is 0 Å². The van der Waals surface area contributed by atoms with Gasteiger partial charge in [0.05, 0.1) is 30.6 Å². The van der Waals surface area contributed by atoms with Gasteiger partial charge >= 0.3 is 0 Å². The van der Waals surface area contributed by atoms with Crippen molar-refractivity contribution in [2.75, 3.05) is 6.61 Å². The van der Waals surface area contributed by atoms with Gasteiger partial charge < -0.3 is 10.0 Å². The summed E-state index contributed by atoms with van der Waals surface area (Å²) in [5.41, 5.74) is 2.27. The molecule has 2 rings (SSSR count). The topological polar surface area (TPSA) is 71.2 Å². The molecule has 1 atom stereocenters. The number of aliphatic hydroxyl groups is 1. The predicted molar refractivity (Wildman–Crippen MR) is 97.3 cm³/mol. The number of carbonyl (C=O) groups is 1. The normalized spacial score (nSPS) is 12.4. The van der Waals surface area contributed by atoms with E-state index in [0.717, 1.165) is 11.4 Å². The molecule has 0 aliphatic rings. The number of nitrogens with zero attached hydrogens (tertiary/aromatic N) is 4. The van der Waals surface area contributed by atoms with Gasteiger partial charge in [0.2, 0.25) is 0 Å². The SMILES string of the molecule is CC[C@H](CO)N(Cc1ccccn1)C(=O)c1cc(C(C)C)nn1CC. The van der Waals surface area contributed by atoms with Crippen molar-refractivity contribution >= 4 is 5.91 Å². The van der Waals surface area contributed by atoms with Crippen LogP contribution in [0.4, 0.5) is 0 Å². The highest BCUT2D eigenvalue weighted by Gasteiger charge is 2.27. The zero-order valence-corrected chi connectivity index (χ0v) is 15.5. The van der Waals surface area contributed by atoms with Crippen LogP contribution in [0.5, 0.6) is 0 Å². The number of carbonyl (C=O) groups excluding carboxylic acids is 1. The van der Waals surface area contributed by atoms with Gasteiger partial charge in [0.1, 0.15) is 5.69 Å². The molecule has 0 spiro atoms. The Kier molecular flexibility index (Phi) is 6.70. The van der Waals surface area contributed by atoms with Crippen molar-refractivity contribution in [3.05, 3.63) is 47.5 Å². The highest BCUT2D eigenvalue weighted by Crippen LogP contribution is 2.19. The summed E-state index contributed by atoms with van der Waals surface area (Å²) in [6, 6.07) is 7.25. The van der Waals surface area contributed by atoms with Gasteiger partial charge in [0.25, 0.3) is 5.91 Å². The highest BCUT2D eigenvalue weighted by molar-refractivity contribution is 5.93. The summed E-state index contributed by atoms with van der Waals surface area (Å²) in [5, 5.41) is 14.3. The number of aliphatic hydroxyl groups excluding tert-OH is 1. The summed E-state index contributed by atoms with van der Waals surface area (Å²) in [5.74, 6) is 0.135. The van der Waals surface area contributed by atoms with Gasteiger partial charge in [-0.15, -0.1) is 0 Å². The number of hydrogen-bond donors (Lipinski definition) is 1. The maximum Gasteiger partial charge on any atom is 0.272 e. The summed E-state index contributed by atoms with van der Waals surface area (Å²) < 4.78 is 1.74. The number of pyridine rings is 1. The number of hydrogen-bond acceptors (Lipinski definition) is 4. The maximum atomic E-state index is 13.3. The van der Waals surface area contributed by atoms with Gasteiger partial charge in [-0.05, 0) is 37.5 Å². The van der Waals surface area contributed by atoms with Crippen LogP contribution in [-0.2, 0) is 13.1 Å². The molecule has 1 N–H and O–H groups in total. The molecule has 0 radical (unpaired) electrons. The van der Waals surface area contributed by atoms with E-state index in [1.165, 1.54) is 0 Å². The molecule has 136 valence electrons. The average Bonchev–Trinajstić information content (AvgIpc) is 3.07. The van der Waals surface area contributed by atoms with E-state index in [-0.39, 0.29) is 24.5 Å². The Balaban J connectivity index is 2.37. The molecule has 0 aliphatic heterocycles. The van der Waals surface area contributed by atoms with Crippen molar-refractivity contribution in [1.82, 2.24) is 19.7 Å². The molecule has 0 saturated heterocycles. The van der Waals surface area contributed by atoms with Crippen molar-refractivity contribution in [2.24, 2.45) is 0 Å². The third kappa shape index (κ3) is 4.45. The second kappa shape index (κ2) is 8.76. The summed E-state index contributed by atoms with van der Waals surface area (Å²) in [7, 11) is 0. The molecule has 0 bridgehead atoms. The van der Waals surface area contributed by atoms with E-state index in [4.69, 9.17) is 0 Å². The Morgan fingerprint density at radius 3 is 2.60 bits per heavy atom. The van der Waals surface area contributed by atoms with E-state index in [1.807, 2.05) is 38.1 Å². The molecule has 0 saturated carbocycles. The average molecular weight is 344 g/mol. The maximum absolute atomic E-state index is 13.3. The monoisotopic (exact) mass is 344 g/mol. The quantitative estimate of drug-likeness (QED) is 0.799. The Labute approximate surface area is 149 Å². The fourth-order valence-corrected chi connectivity index (χ4v) is 2.76. The third-order valence-corrected chi connectivity index (χ3v) is 4.35. The van der Waals surface area contributed by atoms with E-state index in [9.17, 15) is 9.90 Å². The minimum atomic E-state index is -0.253. The van der Waals surface area contributed by atoms with Crippen LogP contribution in [0.15, 0.2) is 30.5 Å². The summed E-state index contributed by atoms with van der Waals surface area (Å²) in [6.07, 6.45) is 2.39. The first-order chi connectivity index (χ1) is 12.0. The molecular formula is C19H28N4O2. The molecule has 25 heavy (non-hydrogen) atoms. The smallest absolute Gasteiger partial charge is 0.272 e. The second-order valence-electron chi connectivity index (χ2n) is 6.42. The van der Waals surface area contributed by atoms with Gasteiger partial charge in [-0.25, -0.2) is 0 Å². The lowest BCUT2D eigenvalue weighted by molar-refractivity contribution is 0.0548. The second-order valence-corrected chi connectivity index (χ2v) is 6.42. The van der Waals surface area contributed by atoms with Crippen LogP contribution in [0.3, 0.4) is 0 Å². The lowest BCUT2D eigenvalue weighted by Crippen LogP contribution is -2.42. The zero-order chi connectivity index (χ0) is 18.4. The highest BCUT2D eigenvalue weighted by atomic mass is 16.3. The van der Waals surface area contributed by atoms with Crippen LogP contribution in [0.2, 0.25) is 0 Å². The molecule has 6 nitrogen and oxygen atoms in total. The first-order valence-corrected chi connectivity index (χ1v) is 8.91. The molecule has 2 heterocycles. The fraction of sp³-hybridized carbons (Fsp3) is 0.526. The van der Waals surface area contributed by atoms with Crippen LogP contribution >= 0.6 is 0 Å². The predicted octanol–water partition coefficient (Wildman–Crippen LogP) is 2.83. The first-order valence-electron chi connectivity index (χ1n) is 8.91. The molecule has 6 heteroatoms.